The average molecular weight is 112 g/mol. The van der Waals surface area contributed by atoms with Crippen LogP contribution in [0, 0.1) is 5.92 Å². The Morgan fingerprint density at radius 2 is 1.67 bits per heavy atom. The van der Waals surface area contributed by atoms with E-state index in [1.165, 1.54) is 0 Å². The van der Waals surface area contributed by atoms with Gasteiger partial charge in [0.2, 0.25) is 0 Å². The predicted octanol–water partition coefficient (Wildman–Crippen LogP) is -1.81. The summed E-state index contributed by atoms with van der Waals surface area (Å²) in [5.74, 6) is 1.59. The molecule has 32 valence electrons. The van der Waals surface area contributed by atoms with Gasteiger partial charge >= 0.3 is 29.6 Å². The van der Waals surface area contributed by atoms with Crippen LogP contribution in [-0.4, -0.2) is 5.75 Å². The quantitative estimate of drug-likeness (QED) is 0.285. The minimum Gasteiger partial charge on any atom is -0.792 e. The molecule has 0 unspecified atom stereocenters. The summed E-state index contributed by atoms with van der Waals surface area (Å²) in [4.78, 5) is 0. The molecule has 0 aromatic carbocycles. The minimum absolute atomic E-state index is 0. The summed E-state index contributed by atoms with van der Waals surface area (Å²) in [5.41, 5.74) is 0. The number of rotatable bonds is 1. The monoisotopic (exact) mass is 112 g/mol. The Hall–Kier alpha value is 1.35. The third kappa shape index (κ3) is 9.02. The van der Waals surface area contributed by atoms with E-state index in [0.29, 0.717) is 5.92 Å². The molecule has 0 spiro atoms. The van der Waals surface area contributed by atoms with Gasteiger partial charge in [0, 0.05) is 0 Å². The van der Waals surface area contributed by atoms with Crippen molar-refractivity contribution < 1.29 is 29.6 Å². The second-order valence-electron chi connectivity index (χ2n) is 1.56. The van der Waals surface area contributed by atoms with Gasteiger partial charge in [-0.2, -0.15) is 5.75 Å². The van der Waals surface area contributed by atoms with Crippen molar-refractivity contribution in [3.05, 3.63) is 0 Å². The fourth-order valence-corrected chi connectivity index (χ4v) is 0. The van der Waals surface area contributed by atoms with Crippen LogP contribution in [0.1, 0.15) is 13.8 Å². The van der Waals surface area contributed by atoms with Crippen molar-refractivity contribution in [3.63, 3.8) is 0 Å². The summed E-state index contributed by atoms with van der Waals surface area (Å²) in [6, 6.07) is 0. The summed E-state index contributed by atoms with van der Waals surface area (Å²) in [7, 11) is 0. The maximum atomic E-state index is 4.68. The van der Waals surface area contributed by atoms with E-state index in [2.05, 4.69) is 26.5 Å². The first kappa shape index (κ1) is 10.4. The molecule has 0 radical (unpaired) electrons. The Morgan fingerprint density at radius 1 is 1.50 bits per heavy atom. The first-order valence-electron chi connectivity index (χ1n) is 1.85. The van der Waals surface area contributed by atoms with Gasteiger partial charge in [-0.15, -0.1) is 0 Å². The van der Waals surface area contributed by atoms with Gasteiger partial charge in [-0.1, -0.05) is 19.8 Å². The fraction of sp³-hybridized carbons (Fsp3) is 1.00. The molecule has 0 N–H and O–H groups in total. The molecule has 0 atom stereocenters. The molecule has 0 aliphatic heterocycles. The van der Waals surface area contributed by atoms with Gasteiger partial charge in [0.05, 0.1) is 0 Å². The summed E-state index contributed by atoms with van der Waals surface area (Å²) in [6.45, 7) is 4.24. The van der Waals surface area contributed by atoms with E-state index >= 15 is 0 Å². The van der Waals surface area contributed by atoms with Crippen molar-refractivity contribution >= 4 is 12.6 Å². The van der Waals surface area contributed by atoms with Crippen molar-refractivity contribution in [2.24, 2.45) is 5.92 Å². The van der Waals surface area contributed by atoms with Gasteiger partial charge < -0.3 is 12.6 Å². The third-order valence-electron chi connectivity index (χ3n) is 0.333. The molecular formula is C4H9NaS. The average Bonchev–Trinajstić information content (AvgIpc) is 1.38. The molecule has 0 rings (SSSR count). The topological polar surface area (TPSA) is 0 Å². The molecular weight excluding hydrogens is 103 g/mol. The van der Waals surface area contributed by atoms with Crippen molar-refractivity contribution in [3.8, 4) is 0 Å². The van der Waals surface area contributed by atoms with Crippen LogP contribution in [-0.2, 0) is 12.6 Å². The third-order valence-corrected chi connectivity index (χ3v) is 1.000. The predicted molar refractivity (Wildman–Crippen MR) is 27.1 cm³/mol. The molecule has 6 heavy (non-hydrogen) atoms. The Kier molecular flexibility index (Phi) is 11.0. The second kappa shape index (κ2) is 6.35. The fourth-order valence-electron chi connectivity index (χ4n) is 0. The zero-order chi connectivity index (χ0) is 4.28. The number of hydrogen-bond donors (Lipinski definition) is 0. The van der Waals surface area contributed by atoms with Crippen LogP contribution < -0.4 is 29.6 Å². The summed E-state index contributed by atoms with van der Waals surface area (Å²) in [5, 5.41) is 0. The minimum atomic E-state index is 0. The van der Waals surface area contributed by atoms with Gasteiger partial charge in [0.25, 0.3) is 0 Å². The Labute approximate surface area is 67.4 Å². The van der Waals surface area contributed by atoms with Crippen molar-refractivity contribution in [1.82, 2.24) is 0 Å². The summed E-state index contributed by atoms with van der Waals surface area (Å²) >= 11 is 4.68. The van der Waals surface area contributed by atoms with Crippen LogP contribution in [0.25, 0.3) is 0 Å². The van der Waals surface area contributed by atoms with E-state index in [-0.39, 0.29) is 29.6 Å². The molecule has 0 bridgehead atoms. The normalized spacial score (nSPS) is 8.00. The van der Waals surface area contributed by atoms with Crippen molar-refractivity contribution in [2.75, 3.05) is 5.75 Å². The molecule has 0 heterocycles. The van der Waals surface area contributed by atoms with Crippen LogP contribution in [0.5, 0.6) is 0 Å². The zero-order valence-corrected chi connectivity index (χ0v) is 7.51. The van der Waals surface area contributed by atoms with Gasteiger partial charge in [-0.05, 0) is 0 Å². The van der Waals surface area contributed by atoms with Crippen molar-refractivity contribution in [2.45, 2.75) is 13.8 Å². The number of hydrogen-bond acceptors (Lipinski definition) is 1. The Morgan fingerprint density at radius 3 is 1.67 bits per heavy atom. The maximum Gasteiger partial charge on any atom is 1.00 e. The first-order chi connectivity index (χ1) is 2.27. The molecule has 0 fully saturated rings. The van der Waals surface area contributed by atoms with E-state index in [1.807, 2.05) is 0 Å². The van der Waals surface area contributed by atoms with E-state index in [1.54, 1.807) is 0 Å². The smallest absolute Gasteiger partial charge is 0.792 e. The van der Waals surface area contributed by atoms with Crippen LogP contribution in [0.2, 0.25) is 0 Å². The molecule has 2 heteroatoms. The molecule has 0 aromatic heterocycles. The van der Waals surface area contributed by atoms with E-state index in [4.69, 9.17) is 0 Å². The zero-order valence-electron chi connectivity index (χ0n) is 4.69. The van der Waals surface area contributed by atoms with Gasteiger partial charge in [-0.25, -0.2) is 0 Å². The maximum absolute atomic E-state index is 4.68. The van der Waals surface area contributed by atoms with Gasteiger partial charge in [-0.3, -0.25) is 0 Å². The van der Waals surface area contributed by atoms with Crippen LogP contribution in [0.3, 0.4) is 0 Å². The molecule has 0 aliphatic carbocycles. The van der Waals surface area contributed by atoms with Crippen LogP contribution in [0.4, 0.5) is 0 Å². The second-order valence-corrected chi connectivity index (χ2v) is 1.89. The first-order valence-corrected chi connectivity index (χ1v) is 2.43. The molecule has 0 aliphatic rings. The van der Waals surface area contributed by atoms with E-state index in [9.17, 15) is 0 Å². The Bertz CT molecular complexity index is 21.5. The van der Waals surface area contributed by atoms with Gasteiger partial charge in [0.15, 0.2) is 0 Å². The molecule has 0 nitrogen and oxygen atoms in total. The van der Waals surface area contributed by atoms with E-state index in [0.717, 1.165) is 5.75 Å². The van der Waals surface area contributed by atoms with E-state index < -0.39 is 0 Å². The summed E-state index contributed by atoms with van der Waals surface area (Å²) < 4.78 is 0. The molecule has 0 amide bonds. The molecule has 0 saturated heterocycles. The van der Waals surface area contributed by atoms with Crippen LogP contribution >= 0.6 is 0 Å². The molecule has 0 saturated carbocycles. The van der Waals surface area contributed by atoms with Crippen molar-refractivity contribution in [1.29, 1.82) is 0 Å². The molecule has 0 aromatic rings. The largest absolute Gasteiger partial charge is 1.00 e. The SMILES string of the molecule is CC(C)C[S-].[Na+]. The Balaban J connectivity index is 0. The van der Waals surface area contributed by atoms with Crippen LogP contribution in [0.15, 0.2) is 0 Å². The standard InChI is InChI=1S/C4H10S.Na/c1-4(2)3-5;/h4-5H,3H2,1-2H3;/q;+1/p-1. The summed E-state index contributed by atoms with van der Waals surface area (Å²) in [6.07, 6.45) is 0. The van der Waals surface area contributed by atoms with Gasteiger partial charge in [0.1, 0.15) is 0 Å².